The molecule has 164 valence electrons. The molecule has 0 fully saturated rings. The number of amides is 1. The Bertz CT molecular complexity index is 1380. The Balaban J connectivity index is 1.39. The molecule has 7 nitrogen and oxygen atoms in total. The molecule has 0 spiro atoms. The summed E-state index contributed by atoms with van der Waals surface area (Å²) in [6.45, 7) is 0. The molecule has 0 saturated carbocycles. The lowest BCUT2D eigenvalue weighted by Crippen LogP contribution is -2.29. The van der Waals surface area contributed by atoms with E-state index in [0.717, 1.165) is 16.3 Å². The molecule has 1 amide bonds. The molecular formula is C26H21N3O4. The molecule has 1 atom stereocenters. The van der Waals surface area contributed by atoms with Crippen molar-refractivity contribution in [3.8, 4) is 17.3 Å². The lowest BCUT2D eigenvalue weighted by atomic mass is 9.92. The lowest BCUT2D eigenvalue weighted by Gasteiger charge is -2.22. The fraction of sp³-hybridized carbons (Fsp3) is 0.115. The number of hydrogen-bond acceptors (Lipinski definition) is 6. The van der Waals surface area contributed by atoms with Gasteiger partial charge in [0.25, 0.3) is 0 Å². The number of hydrogen-bond donors (Lipinski definition) is 2. The monoisotopic (exact) mass is 439 g/mol. The van der Waals surface area contributed by atoms with Crippen LogP contribution < -0.4 is 5.32 Å². The summed E-state index contributed by atoms with van der Waals surface area (Å²) in [4.78, 5) is 17.2. The Hall–Kier alpha value is -4.39. The largest absolute Gasteiger partial charge is 0.508 e. The maximum atomic E-state index is 13.0. The van der Waals surface area contributed by atoms with Crippen molar-refractivity contribution >= 4 is 16.7 Å². The standard InChI is InChI=1S/C26H21N3O4/c30-20-13-12-17-7-4-5-10-19(17)24(20)25(18-8-2-1-3-9-18)27-22(31)14-15-23-28-26(29-33-23)21-11-6-16-32-21/h1-13,16,25,30H,14-15H2,(H,27,31). The minimum atomic E-state index is -0.522. The fourth-order valence-corrected chi connectivity index (χ4v) is 3.87. The van der Waals surface area contributed by atoms with Crippen LogP contribution >= 0.6 is 0 Å². The first-order valence-corrected chi connectivity index (χ1v) is 10.6. The van der Waals surface area contributed by atoms with Crippen LogP contribution in [0.3, 0.4) is 0 Å². The van der Waals surface area contributed by atoms with E-state index in [-0.39, 0.29) is 24.5 Å². The highest BCUT2D eigenvalue weighted by molar-refractivity contribution is 5.89. The molecule has 5 aromatic rings. The average Bonchev–Trinajstić information content (AvgIpc) is 3.54. The summed E-state index contributed by atoms with van der Waals surface area (Å²) in [7, 11) is 0. The molecule has 0 aliphatic carbocycles. The van der Waals surface area contributed by atoms with E-state index in [1.165, 1.54) is 6.26 Å². The predicted octanol–water partition coefficient (Wildman–Crippen LogP) is 5.03. The van der Waals surface area contributed by atoms with E-state index in [0.29, 0.717) is 23.0 Å². The molecule has 0 aliphatic heterocycles. The van der Waals surface area contributed by atoms with Crippen molar-refractivity contribution in [2.24, 2.45) is 0 Å². The predicted molar refractivity (Wildman–Crippen MR) is 122 cm³/mol. The van der Waals surface area contributed by atoms with Crippen molar-refractivity contribution in [1.82, 2.24) is 15.5 Å². The lowest BCUT2D eigenvalue weighted by molar-refractivity contribution is -0.121. The van der Waals surface area contributed by atoms with Crippen LogP contribution in [0.25, 0.3) is 22.4 Å². The number of nitrogens with zero attached hydrogens (tertiary/aromatic N) is 2. The second-order valence-electron chi connectivity index (χ2n) is 7.62. The number of phenols is 1. The van der Waals surface area contributed by atoms with Crippen molar-refractivity contribution in [1.29, 1.82) is 0 Å². The number of aromatic hydroxyl groups is 1. The van der Waals surface area contributed by atoms with Gasteiger partial charge in [0.1, 0.15) is 5.75 Å². The van der Waals surface area contributed by atoms with Gasteiger partial charge in [-0.05, 0) is 34.5 Å². The van der Waals surface area contributed by atoms with Crippen LogP contribution in [0.15, 0.2) is 94.1 Å². The molecule has 5 rings (SSSR count). The minimum Gasteiger partial charge on any atom is -0.508 e. The Morgan fingerprint density at radius 1 is 0.970 bits per heavy atom. The number of aryl methyl sites for hydroxylation is 1. The van der Waals surface area contributed by atoms with Gasteiger partial charge in [-0.25, -0.2) is 0 Å². The molecule has 2 aromatic heterocycles. The fourth-order valence-electron chi connectivity index (χ4n) is 3.87. The maximum absolute atomic E-state index is 13.0. The van der Waals surface area contributed by atoms with Gasteiger partial charge in [0.15, 0.2) is 5.76 Å². The number of carbonyl (C=O) groups excluding carboxylic acids is 1. The SMILES string of the molecule is O=C(CCc1nc(-c2ccco2)no1)NC(c1ccccc1)c1c(O)ccc2ccccc12. The van der Waals surface area contributed by atoms with Gasteiger partial charge in [-0.15, -0.1) is 0 Å². The number of benzene rings is 3. The maximum Gasteiger partial charge on any atom is 0.238 e. The van der Waals surface area contributed by atoms with Gasteiger partial charge < -0.3 is 19.4 Å². The first-order valence-electron chi connectivity index (χ1n) is 10.6. The van der Waals surface area contributed by atoms with Crippen molar-refractivity contribution in [3.05, 3.63) is 102 Å². The first-order chi connectivity index (χ1) is 16.2. The quantitative estimate of drug-likeness (QED) is 0.369. The Kier molecular flexibility index (Phi) is 5.59. The third kappa shape index (κ3) is 4.34. The highest BCUT2D eigenvalue weighted by Gasteiger charge is 2.23. The molecule has 0 aliphatic rings. The zero-order valence-electron chi connectivity index (χ0n) is 17.6. The topological polar surface area (TPSA) is 101 Å². The second-order valence-corrected chi connectivity index (χ2v) is 7.62. The van der Waals surface area contributed by atoms with Crippen molar-refractivity contribution in [3.63, 3.8) is 0 Å². The summed E-state index contributed by atoms with van der Waals surface area (Å²) in [5.74, 6) is 1.13. The van der Waals surface area contributed by atoms with E-state index in [1.807, 2.05) is 60.7 Å². The number of phenolic OH excluding ortho intramolecular Hbond substituents is 1. The van der Waals surface area contributed by atoms with Crippen LogP contribution in [-0.2, 0) is 11.2 Å². The Morgan fingerprint density at radius 3 is 2.61 bits per heavy atom. The number of nitrogens with one attached hydrogen (secondary N) is 1. The molecular weight excluding hydrogens is 418 g/mol. The summed E-state index contributed by atoms with van der Waals surface area (Å²) < 4.78 is 10.5. The highest BCUT2D eigenvalue weighted by atomic mass is 16.5. The molecule has 2 N–H and O–H groups in total. The van der Waals surface area contributed by atoms with Gasteiger partial charge in [-0.2, -0.15) is 4.98 Å². The number of aromatic nitrogens is 2. The molecule has 2 heterocycles. The normalized spacial score (nSPS) is 12.0. The number of fused-ring (bicyclic) bond motifs is 1. The summed E-state index contributed by atoms with van der Waals surface area (Å²) in [6.07, 6.45) is 1.96. The third-order valence-electron chi connectivity index (χ3n) is 5.45. The average molecular weight is 439 g/mol. The van der Waals surface area contributed by atoms with Crippen LogP contribution in [0.2, 0.25) is 0 Å². The van der Waals surface area contributed by atoms with Gasteiger partial charge in [-0.3, -0.25) is 4.79 Å². The summed E-state index contributed by atoms with van der Waals surface area (Å²) in [5.41, 5.74) is 1.53. The summed E-state index contributed by atoms with van der Waals surface area (Å²) >= 11 is 0. The molecule has 1 unspecified atom stereocenters. The molecule has 7 heteroatoms. The van der Waals surface area contributed by atoms with Crippen molar-refractivity contribution in [2.45, 2.75) is 18.9 Å². The van der Waals surface area contributed by atoms with E-state index in [4.69, 9.17) is 8.94 Å². The number of rotatable bonds is 7. The number of furan rings is 1. The van der Waals surface area contributed by atoms with Crippen LogP contribution in [0.4, 0.5) is 0 Å². The highest BCUT2D eigenvalue weighted by Crippen LogP contribution is 2.35. The van der Waals surface area contributed by atoms with E-state index < -0.39 is 6.04 Å². The van der Waals surface area contributed by atoms with Crippen LogP contribution in [0, 0.1) is 0 Å². The van der Waals surface area contributed by atoms with Crippen LogP contribution in [0.1, 0.15) is 29.5 Å². The third-order valence-corrected chi connectivity index (χ3v) is 5.45. The van der Waals surface area contributed by atoms with Crippen LogP contribution in [-0.4, -0.2) is 21.2 Å². The zero-order valence-corrected chi connectivity index (χ0v) is 17.6. The van der Waals surface area contributed by atoms with E-state index in [9.17, 15) is 9.90 Å². The van der Waals surface area contributed by atoms with E-state index in [1.54, 1.807) is 18.2 Å². The van der Waals surface area contributed by atoms with Crippen molar-refractivity contribution in [2.75, 3.05) is 0 Å². The molecule has 3 aromatic carbocycles. The molecule has 0 radical (unpaired) electrons. The van der Waals surface area contributed by atoms with Crippen LogP contribution in [0.5, 0.6) is 5.75 Å². The van der Waals surface area contributed by atoms with E-state index >= 15 is 0 Å². The minimum absolute atomic E-state index is 0.128. The summed E-state index contributed by atoms with van der Waals surface area (Å²) in [6, 6.07) is 23.9. The Labute approximate surface area is 189 Å². The smallest absolute Gasteiger partial charge is 0.238 e. The molecule has 0 saturated heterocycles. The van der Waals surface area contributed by atoms with Gasteiger partial charge >= 0.3 is 0 Å². The molecule has 33 heavy (non-hydrogen) atoms. The van der Waals surface area contributed by atoms with Gasteiger partial charge in [-0.1, -0.05) is 65.8 Å². The van der Waals surface area contributed by atoms with Gasteiger partial charge in [0.05, 0.1) is 12.3 Å². The molecule has 0 bridgehead atoms. The summed E-state index contributed by atoms with van der Waals surface area (Å²) in [5, 5.41) is 19.6. The van der Waals surface area contributed by atoms with Gasteiger partial charge in [0, 0.05) is 18.4 Å². The van der Waals surface area contributed by atoms with E-state index in [2.05, 4.69) is 15.5 Å². The first kappa shape index (κ1) is 20.5. The van der Waals surface area contributed by atoms with Gasteiger partial charge in [0.2, 0.25) is 17.6 Å². The second kappa shape index (κ2) is 9.00. The Morgan fingerprint density at radius 2 is 1.79 bits per heavy atom. The number of carbonyl (C=O) groups is 1. The zero-order chi connectivity index (χ0) is 22.6. The van der Waals surface area contributed by atoms with Crippen molar-refractivity contribution < 1.29 is 18.8 Å².